The van der Waals surface area contributed by atoms with Crippen LogP contribution in [0, 0.1) is 5.41 Å². The maximum atomic E-state index is 3.47. The fraction of sp³-hybridized carbons (Fsp3) is 1.00. The van der Waals surface area contributed by atoms with E-state index in [-0.39, 0.29) is 0 Å². The zero-order valence-corrected chi connectivity index (χ0v) is 11.1. The van der Waals surface area contributed by atoms with Crippen molar-refractivity contribution in [1.29, 1.82) is 0 Å². The lowest BCUT2D eigenvalue weighted by Gasteiger charge is -2.37. The average Bonchev–Trinajstić information content (AvgIpc) is 2.66. The van der Waals surface area contributed by atoms with Crippen LogP contribution in [0.4, 0.5) is 0 Å². The van der Waals surface area contributed by atoms with Gasteiger partial charge in [-0.25, -0.2) is 0 Å². The minimum absolute atomic E-state index is 0.562. The second kappa shape index (κ2) is 5.03. The van der Waals surface area contributed by atoms with Gasteiger partial charge < -0.3 is 15.1 Å². The molecule has 2 aliphatic heterocycles. The summed E-state index contributed by atoms with van der Waals surface area (Å²) in [6.45, 7) is 8.76. The Labute approximate surface area is 100 Å². The van der Waals surface area contributed by atoms with Crippen molar-refractivity contribution in [2.75, 3.05) is 46.8 Å². The molecule has 2 saturated heterocycles. The van der Waals surface area contributed by atoms with E-state index in [4.69, 9.17) is 0 Å². The molecular weight excluding hydrogens is 198 g/mol. The number of piperidine rings is 1. The number of likely N-dealkylation sites (tertiary alicyclic amines) is 1. The average molecular weight is 225 g/mol. The van der Waals surface area contributed by atoms with Crippen LogP contribution in [0.25, 0.3) is 0 Å². The molecule has 2 heterocycles. The molecule has 0 spiro atoms. The van der Waals surface area contributed by atoms with Crippen LogP contribution in [0.3, 0.4) is 0 Å². The highest BCUT2D eigenvalue weighted by atomic mass is 15.2. The van der Waals surface area contributed by atoms with E-state index in [0.29, 0.717) is 5.41 Å². The fourth-order valence-electron chi connectivity index (χ4n) is 3.11. The van der Waals surface area contributed by atoms with Gasteiger partial charge in [-0.05, 0) is 58.4 Å². The number of rotatable bonds is 3. The smallest absolute Gasteiger partial charge is 0.0229 e. The lowest BCUT2D eigenvalue weighted by molar-refractivity contribution is 0.140. The van der Waals surface area contributed by atoms with Gasteiger partial charge in [0.15, 0.2) is 0 Å². The summed E-state index contributed by atoms with van der Waals surface area (Å²) in [7, 11) is 4.42. The molecule has 3 heteroatoms. The van der Waals surface area contributed by atoms with Gasteiger partial charge in [-0.2, -0.15) is 0 Å². The van der Waals surface area contributed by atoms with E-state index in [1.54, 1.807) is 0 Å². The highest BCUT2D eigenvalue weighted by Crippen LogP contribution is 2.30. The Hall–Kier alpha value is -0.120. The van der Waals surface area contributed by atoms with Crippen molar-refractivity contribution in [3.63, 3.8) is 0 Å². The first-order chi connectivity index (χ1) is 7.59. The molecule has 0 saturated carbocycles. The molecule has 1 N–H and O–H groups in total. The van der Waals surface area contributed by atoms with E-state index in [1.165, 1.54) is 52.0 Å². The molecule has 0 aliphatic carbocycles. The van der Waals surface area contributed by atoms with Crippen molar-refractivity contribution in [2.45, 2.75) is 32.2 Å². The predicted molar refractivity (Wildman–Crippen MR) is 68.7 cm³/mol. The Morgan fingerprint density at radius 3 is 2.56 bits per heavy atom. The molecule has 1 atom stereocenters. The summed E-state index contributed by atoms with van der Waals surface area (Å²) in [5.41, 5.74) is 0.562. The number of hydrogen-bond acceptors (Lipinski definition) is 3. The van der Waals surface area contributed by atoms with Crippen molar-refractivity contribution in [2.24, 2.45) is 5.41 Å². The quantitative estimate of drug-likeness (QED) is 0.773. The molecule has 0 amide bonds. The zero-order chi connectivity index (χ0) is 11.6. The fourth-order valence-corrected chi connectivity index (χ4v) is 3.11. The van der Waals surface area contributed by atoms with Gasteiger partial charge in [-0.3, -0.25) is 0 Å². The minimum Gasteiger partial charge on any atom is -0.317 e. The Morgan fingerprint density at radius 2 is 2.00 bits per heavy atom. The number of likely N-dealkylation sites (N-methyl/N-ethyl adjacent to an activating group) is 1. The highest BCUT2D eigenvalue weighted by molar-refractivity contribution is 4.88. The Morgan fingerprint density at radius 1 is 1.31 bits per heavy atom. The first kappa shape index (κ1) is 12.3. The van der Waals surface area contributed by atoms with Crippen molar-refractivity contribution in [3.05, 3.63) is 0 Å². The maximum absolute atomic E-state index is 3.47. The Kier molecular flexibility index (Phi) is 3.88. The predicted octanol–water partition coefficient (Wildman–Crippen LogP) is 1.01. The van der Waals surface area contributed by atoms with E-state index in [1.807, 2.05) is 0 Å². The molecular formula is C13H27N3. The van der Waals surface area contributed by atoms with Gasteiger partial charge in [0.25, 0.3) is 0 Å². The highest BCUT2D eigenvalue weighted by Gasteiger charge is 2.32. The van der Waals surface area contributed by atoms with Crippen molar-refractivity contribution < 1.29 is 0 Å². The number of nitrogens with one attached hydrogen (secondary N) is 1. The van der Waals surface area contributed by atoms with E-state index >= 15 is 0 Å². The van der Waals surface area contributed by atoms with Gasteiger partial charge in [0, 0.05) is 19.1 Å². The van der Waals surface area contributed by atoms with Gasteiger partial charge in [0.1, 0.15) is 0 Å². The molecule has 2 fully saturated rings. The van der Waals surface area contributed by atoms with E-state index in [9.17, 15) is 0 Å². The summed E-state index contributed by atoms with van der Waals surface area (Å²) in [5.74, 6) is 0. The van der Waals surface area contributed by atoms with Crippen LogP contribution in [-0.2, 0) is 0 Å². The molecule has 0 bridgehead atoms. The van der Waals surface area contributed by atoms with Gasteiger partial charge >= 0.3 is 0 Å². The summed E-state index contributed by atoms with van der Waals surface area (Å²) in [6, 6.07) is 0.783. The van der Waals surface area contributed by atoms with Crippen LogP contribution >= 0.6 is 0 Å². The summed E-state index contributed by atoms with van der Waals surface area (Å²) in [5, 5.41) is 3.47. The van der Waals surface area contributed by atoms with Crippen molar-refractivity contribution in [1.82, 2.24) is 15.1 Å². The first-order valence-corrected chi connectivity index (χ1v) is 6.69. The Bertz CT molecular complexity index is 221. The summed E-state index contributed by atoms with van der Waals surface area (Å²) < 4.78 is 0. The number of nitrogens with zero attached hydrogens (tertiary/aromatic N) is 2. The topological polar surface area (TPSA) is 18.5 Å². The third kappa shape index (κ3) is 2.96. The standard InChI is InChI=1S/C13H27N3/c1-13(5-7-14-8-6-13)11-16-9-4-12(10-16)15(2)3/h12,14H,4-11H2,1-3H3. The van der Waals surface area contributed by atoms with Gasteiger partial charge in [0.05, 0.1) is 0 Å². The van der Waals surface area contributed by atoms with Crippen molar-refractivity contribution in [3.8, 4) is 0 Å². The normalized spacial score (nSPS) is 31.1. The van der Waals surface area contributed by atoms with Gasteiger partial charge in [0.2, 0.25) is 0 Å². The molecule has 3 nitrogen and oxygen atoms in total. The first-order valence-electron chi connectivity index (χ1n) is 6.69. The molecule has 16 heavy (non-hydrogen) atoms. The third-order valence-corrected chi connectivity index (χ3v) is 4.39. The maximum Gasteiger partial charge on any atom is 0.0229 e. The third-order valence-electron chi connectivity index (χ3n) is 4.39. The SMILES string of the molecule is CN(C)C1CCN(CC2(C)CCNCC2)C1. The van der Waals surface area contributed by atoms with Crippen LogP contribution in [0.5, 0.6) is 0 Å². The lowest BCUT2D eigenvalue weighted by Crippen LogP contribution is -2.43. The van der Waals surface area contributed by atoms with Crippen LogP contribution in [0.15, 0.2) is 0 Å². The minimum atomic E-state index is 0.562. The van der Waals surface area contributed by atoms with Gasteiger partial charge in [-0.15, -0.1) is 0 Å². The summed E-state index contributed by atoms with van der Waals surface area (Å²) in [4.78, 5) is 5.06. The van der Waals surface area contributed by atoms with E-state index in [2.05, 4.69) is 36.1 Å². The molecule has 0 aromatic heterocycles. The molecule has 94 valence electrons. The molecule has 0 aromatic carbocycles. The van der Waals surface area contributed by atoms with Crippen LogP contribution in [0.1, 0.15) is 26.2 Å². The molecule has 0 radical (unpaired) electrons. The van der Waals surface area contributed by atoms with Crippen LogP contribution < -0.4 is 5.32 Å². The zero-order valence-electron chi connectivity index (χ0n) is 11.1. The van der Waals surface area contributed by atoms with Crippen LogP contribution in [-0.4, -0.2) is 62.7 Å². The van der Waals surface area contributed by atoms with Crippen LogP contribution in [0.2, 0.25) is 0 Å². The molecule has 2 rings (SSSR count). The summed E-state index contributed by atoms with van der Waals surface area (Å²) in [6.07, 6.45) is 4.04. The Balaban J connectivity index is 1.81. The number of hydrogen-bond donors (Lipinski definition) is 1. The second-order valence-electron chi connectivity index (χ2n) is 6.20. The monoisotopic (exact) mass is 225 g/mol. The largest absolute Gasteiger partial charge is 0.317 e. The molecule has 0 aromatic rings. The molecule has 2 aliphatic rings. The van der Waals surface area contributed by atoms with E-state index < -0.39 is 0 Å². The second-order valence-corrected chi connectivity index (χ2v) is 6.20. The lowest BCUT2D eigenvalue weighted by atomic mass is 9.80. The van der Waals surface area contributed by atoms with Gasteiger partial charge in [-0.1, -0.05) is 6.92 Å². The van der Waals surface area contributed by atoms with Crippen molar-refractivity contribution >= 4 is 0 Å². The summed E-state index contributed by atoms with van der Waals surface area (Å²) >= 11 is 0. The van der Waals surface area contributed by atoms with E-state index in [0.717, 1.165) is 6.04 Å². The molecule has 1 unspecified atom stereocenters.